The Morgan fingerprint density at radius 3 is 2.58 bits per heavy atom. The first-order valence-electron chi connectivity index (χ1n) is 13.4. The molecule has 12 heteroatoms. The highest BCUT2D eigenvalue weighted by atomic mass is 32.1. The van der Waals surface area contributed by atoms with Crippen LogP contribution in [0.1, 0.15) is 36.6 Å². The number of nitrogens with zero attached hydrogens (tertiary/aromatic N) is 3. The van der Waals surface area contributed by atoms with Crippen LogP contribution < -0.4 is 29.1 Å². The van der Waals surface area contributed by atoms with E-state index in [1.165, 1.54) is 28.0 Å². The Labute approximate surface area is 248 Å². The van der Waals surface area contributed by atoms with Crippen molar-refractivity contribution in [3.63, 3.8) is 0 Å². The van der Waals surface area contributed by atoms with Gasteiger partial charge in [-0.15, -0.1) is 0 Å². The van der Waals surface area contributed by atoms with E-state index in [-0.39, 0.29) is 36.8 Å². The summed E-state index contributed by atoms with van der Waals surface area (Å²) >= 11 is 1.23. The van der Waals surface area contributed by atoms with Gasteiger partial charge in [0.1, 0.15) is 12.4 Å². The zero-order valence-corrected chi connectivity index (χ0v) is 24.0. The average molecular weight is 600 g/mol. The minimum absolute atomic E-state index is 0.0212. The monoisotopic (exact) mass is 599 g/mol. The van der Waals surface area contributed by atoms with E-state index in [9.17, 15) is 19.7 Å². The van der Waals surface area contributed by atoms with Crippen molar-refractivity contribution in [3.8, 4) is 17.2 Å². The van der Waals surface area contributed by atoms with Crippen LogP contribution in [0.2, 0.25) is 0 Å². The minimum atomic E-state index is -0.762. The summed E-state index contributed by atoms with van der Waals surface area (Å²) in [5.74, 6) is 1.20. The second-order valence-electron chi connectivity index (χ2n) is 9.70. The molecule has 11 nitrogen and oxygen atoms in total. The largest absolute Gasteiger partial charge is 0.489 e. The summed E-state index contributed by atoms with van der Waals surface area (Å²) in [6.07, 6.45) is 1.77. The third-order valence-corrected chi connectivity index (χ3v) is 7.94. The highest BCUT2D eigenvalue weighted by Gasteiger charge is 2.34. The van der Waals surface area contributed by atoms with E-state index in [1.807, 2.05) is 18.2 Å². The van der Waals surface area contributed by atoms with E-state index in [0.29, 0.717) is 37.8 Å². The number of carbonyl (C=O) groups excluding carboxylic acids is 1. The number of allylic oxidation sites excluding steroid dienone is 1. The highest BCUT2D eigenvalue weighted by molar-refractivity contribution is 7.07. The Morgan fingerprint density at radius 2 is 1.86 bits per heavy atom. The number of rotatable bonds is 8. The molecule has 0 spiro atoms. The molecule has 4 aromatic rings. The van der Waals surface area contributed by atoms with Gasteiger partial charge >= 0.3 is 5.97 Å². The van der Waals surface area contributed by atoms with Gasteiger partial charge in [0, 0.05) is 12.1 Å². The van der Waals surface area contributed by atoms with Crippen molar-refractivity contribution in [2.75, 3.05) is 13.4 Å². The van der Waals surface area contributed by atoms with Crippen molar-refractivity contribution in [1.29, 1.82) is 0 Å². The lowest BCUT2D eigenvalue weighted by atomic mass is 9.95. The van der Waals surface area contributed by atoms with Crippen LogP contribution in [-0.2, 0) is 16.1 Å². The predicted octanol–water partition coefficient (Wildman–Crippen LogP) is 4.01. The zero-order valence-electron chi connectivity index (χ0n) is 23.1. The van der Waals surface area contributed by atoms with Crippen LogP contribution in [0.25, 0.3) is 6.08 Å². The van der Waals surface area contributed by atoms with Crippen molar-refractivity contribution in [3.05, 3.63) is 124 Å². The first kappa shape index (κ1) is 27.9. The molecule has 3 heterocycles. The van der Waals surface area contributed by atoms with Crippen LogP contribution in [0, 0.1) is 10.1 Å². The quantitative estimate of drug-likeness (QED) is 0.169. The van der Waals surface area contributed by atoms with Gasteiger partial charge in [0.25, 0.3) is 11.2 Å². The Hall–Kier alpha value is -5.23. The Bertz CT molecular complexity index is 1940. The molecule has 0 amide bonds. The van der Waals surface area contributed by atoms with Crippen LogP contribution >= 0.6 is 11.3 Å². The van der Waals surface area contributed by atoms with Gasteiger partial charge < -0.3 is 18.9 Å². The molecule has 1 atom stereocenters. The van der Waals surface area contributed by atoms with Crippen molar-refractivity contribution in [1.82, 2.24) is 4.57 Å². The van der Waals surface area contributed by atoms with E-state index in [2.05, 4.69) is 4.99 Å². The number of non-ortho nitro benzene ring substituents is 1. The van der Waals surface area contributed by atoms with Gasteiger partial charge in [-0.3, -0.25) is 19.5 Å². The maximum Gasteiger partial charge on any atom is 0.338 e. The number of aromatic nitrogens is 1. The van der Waals surface area contributed by atoms with Gasteiger partial charge in [-0.05, 0) is 73.0 Å². The van der Waals surface area contributed by atoms with Crippen molar-refractivity contribution >= 4 is 29.1 Å². The number of nitro benzene ring substituents is 1. The van der Waals surface area contributed by atoms with Crippen LogP contribution in [0.4, 0.5) is 5.69 Å². The molecule has 0 radical (unpaired) electrons. The maximum absolute atomic E-state index is 13.8. The number of nitro groups is 1. The second kappa shape index (κ2) is 11.6. The molecule has 6 rings (SSSR count). The molecule has 0 N–H and O–H groups in total. The molecule has 3 aromatic carbocycles. The molecule has 218 valence electrons. The molecule has 0 aliphatic carbocycles. The molecular formula is C31H25N3O8S. The van der Waals surface area contributed by atoms with Crippen molar-refractivity contribution in [2.24, 2.45) is 4.99 Å². The van der Waals surface area contributed by atoms with Gasteiger partial charge in [0.2, 0.25) is 6.79 Å². The molecule has 0 fully saturated rings. The number of carbonyl (C=O) groups is 1. The number of fused-ring (bicyclic) bond motifs is 2. The second-order valence-corrected chi connectivity index (χ2v) is 10.7. The number of ether oxygens (including phenoxy) is 4. The standard InChI is InChI=1S/C31H25N3O8S/c1-3-39-30(36)27-18(2)32-31-33(28(27)21-8-13-24-25(15-21)42-17-41-24)29(35)26(43-31)14-19-6-11-23(12-7-19)40-16-20-4-9-22(10-5-20)34(37)38/h4-15,28H,3,16-17H2,1-2H3/b26-14-/t28-/m0/s1. The first-order valence-corrected chi connectivity index (χ1v) is 14.2. The summed E-state index contributed by atoms with van der Waals surface area (Å²) in [6, 6.07) is 18.0. The van der Waals surface area contributed by atoms with E-state index in [1.54, 1.807) is 56.3 Å². The first-order chi connectivity index (χ1) is 20.8. The van der Waals surface area contributed by atoms with Crippen LogP contribution in [0.5, 0.6) is 17.2 Å². The lowest BCUT2D eigenvalue weighted by Crippen LogP contribution is -2.39. The lowest BCUT2D eigenvalue weighted by Gasteiger charge is -2.24. The molecular weight excluding hydrogens is 574 g/mol. The number of hydrogen-bond acceptors (Lipinski definition) is 10. The normalized spacial score (nSPS) is 15.6. The van der Waals surface area contributed by atoms with Gasteiger partial charge in [-0.1, -0.05) is 29.5 Å². The minimum Gasteiger partial charge on any atom is -0.489 e. The number of benzene rings is 3. The Kier molecular flexibility index (Phi) is 7.51. The summed E-state index contributed by atoms with van der Waals surface area (Å²) in [7, 11) is 0. The average Bonchev–Trinajstić information content (AvgIpc) is 3.59. The summed E-state index contributed by atoms with van der Waals surface area (Å²) in [4.78, 5) is 42.4. The number of thiazole rings is 1. The number of hydrogen-bond donors (Lipinski definition) is 0. The fraction of sp³-hybridized carbons (Fsp3) is 0.194. The molecule has 0 bridgehead atoms. The van der Waals surface area contributed by atoms with E-state index in [4.69, 9.17) is 18.9 Å². The summed E-state index contributed by atoms with van der Waals surface area (Å²) < 4.78 is 24.2. The van der Waals surface area contributed by atoms with E-state index in [0.717, 1.165) is 11.1 Å². The molecule has 2 aliphatic heterocycles. The van der Waals surface area contributed by atoms with Crippen LogP contribution in [-0.4, -0.2) is 28.9 Å². The molecule has 0 saturated carbocycles. The fourth-order valence-electron chi connectivity index (χ4n) is 4.88. The maximum atomic E-state index is 13.8. The third kappa shape index (κ3) is 5.52. The van der Waals surface area contributed by atoms with Gasteiger partial charge in [0.15, 0.2) is 16.3 Å². The van der Waals surface area contributed by atoms with E-state index < -0.39 is 16.9 Å². The highest BCUT2D eigenvalue weighted by Crippen LogP contribution is 2.38. The lowest BCUT2D eigenvalue weighted by molar-refractivity contribution is -0.384. The van der Waals surface area contributed by atoms with Crippen molar-refractivity contribution in [2.45, 2.75) is 26.5 Å². The van der Waals surface area contributed by atoms with Gasteiger partial charge in [-0.2, -0.15) is 0 Å². The smallest absolute Gasteiger partial charge is 0.338 e. The molecule has 43 heavy (non-hydrogen) atoms. The summed E-state index contributed by atoms with van der Waals surface area (Å²) in [6.45, 7) is 3.99. The molecule has 0 saturated heterocycles. The third-order valence-electron chi connectivity index (χ3n) is 6.96. The topological polar surface area (TPSA) is 131 Å². The molecule has 2 aliphatic rings. The van der Waals surface area contributed by atoms with Gasteiger partial charge in [-0.25, -0.2) is 9.79 Å². The number of esters is 1. The Morgan fingerprint density at radius 1 is 1.12 bits per heavy atom. The SMILES string of the molecule is CCOC(=O)C1=C(C)N=c2s/c(=C\c3ccc(OCc4ccc([N+](=O)[O-])cc4)cc3)c(=O)n2[C@H]1c1ccc2c(c1)OCO2. The van der Waals surface area contributed by atoms with Crippen molar-refractivity contribution < 1.29 is 28.7 Å². The van der Waals surface area contributed by atoms with E-state index >= 15 is 0 Å². The Balaban J connectivity index is 1.31. The molecule has 1 aromatic heterocycles. The van der Waals surface area contributed by atoms with Crippen LogP contribution in [0.15, 0.2) is 87.8 Å². The fourth-order valence-corrected chi connectivity index (χ4v) is 5.93. The summed E-state index contributed by atoms with van der Waals surface area (Å²) in [5, 5.41) is 10.8. The zero-order chi connectivity index (χ0) is 30.1. The summed E-state index contributed by atoms with van der Waals surface area (Å²) in [5.41, 5.74) is 2.73. The van der Waals surface area contributed by atoms with Crippen LogP contribution in [0.3, 0.4) is 0 Å². The molecule has 0 unspecified atom stereocenters. The van der Waals surface area contributed by atoms with Gasteiger partial charge in [0.05, 0.1) is 33.4 Å². The predicted molar refractivity (Wildman–Crippen MR) is 157 cm³/mol.